The number of aromatic nitrogens is 16. The number of aliphatic hydroxyl groups excluding tert-OH is 2. The van der Waals surface area contributed by atoms with Crippen molar-refractivity contribution in [2.24, 2.45) is 53.1 Å². The first-order valence-corrected chi connectivity index (χ1v) is 53.8. The second-order valence-electron chi connectivity index (χ2n) is 39.5. The maximum absolute atomic E-state index is 11.6. The SMILES string of the molecule is CC(O)CN1CCCC(C2CN(c3cnc4c(C#N)nn(C(C)c5ccc(Cl)cc5Cl)c4n3)C2)C1.CC(O)CN1CCCC(C2CN(c3cnc4c(C#N)nn(C(C)c5ccc(Cl)cc5Cl)c4n3)C2)C1.CC(c1ccc(Cl)cc1Cl)n1nc(C#N)c2ncc(N3CC(C4CCCN(CCC(N)=O)C4)C3)nc21.CC(c1ccc(Cl)cc1Cl)n1nc(C#N)c2ncc(N3CC(C4CCCN(CCS(C)(=O)=O)C4)C3)nc21. The summed E-state index contributed by atoms with van der Waals surface area (Å²) in [5, 5.41) is 80.4. The van der Waals surface area contributed by atoms with Crippen LogP contribution in [-0.2, 0) is 14.6 Å². The molecule has 0 saturated carbocycles. The number of β-amino-alcohol motifs (C(OH)–C–C–N with tert-alkyl or cyclic N) is 2. The number of aliphatic hydroxyl groups is 2. The van der Waals surface area contributed by atoms with Crippen molar-refractivity contribution in [1.29, 1.82) is 21.0 Å². The molecule has 0 spiro atoms. The molecule has 12 aromatic rings. The fourth-order valence-electron chi connectivity index (χ4n) is 21.4. The number of fused-ring (bicyclic) bond motifs is 4. The molecule has 34 nitrogen and oxygen atoms in total. The van der Waals surface area contributed by atoms with E-state index < -0.39 is 9.84 Å². The average Bonchev–Trinajstić information content (AvgIpc) is 1.65. The molecule has 4 N–H and O–H groups in total. The summed E-state index contributed by atoms with van der Waals surface area (Å²) < 4.78 is 30.0. The highest BCUT2D eigenvalue weighted by Gasteiger charge is 2.43. The third-order valence-corrected chi connectivity index (χ3v) is 32.5. The number of carbonyl (C=O) groups excluding carboxylic acids is 1. The largest absolute Gasteiger partial charge is 0.392 e. The number of anilines is 4. The number of rotatable bonds is 26. The zero-order valence-corrected chi connectivity index (χ0v) is 87.5. The Kier molecular flexibility index (Phi) is 33.1. The number of hydrogen-bond donors (Lipinski definition) is 3. The molecule has 10 unspecified atom stereocenters. The second kappa shape index (κ2) is 45.4. The van der Waals surface area contributed by atoms with Gasteiger partial charge in [-0.15, -0.1) is 0 Å². The van der Waals surface area contributed by atoms with Crippen molar-refractivity contribution >= 4 is 176 Å². The van der Waals surface area contributed by atoms with Crippen molar-refractivity contribution in [3.63, 3.8) is 0 Å². The first-order chi connectivity index (χ1) is 68.6. The maximum Gasteiger partial charge on any atom is 0.218 e. The minimum Gasteiger partial charge on any atom is -0.392 e. The molecule has 16 heterocycles. The zero-order valence-electron chi connectivity index (χ0n) is 80.7. The molecule has 1 amide bonds. The molecule has 8 saturated heterocycles. The van der Waals surface area contributed by atoms with Crippen LogP contribution in [0.1, 0.15) is 169 Å². The Morgan fingerprint density at radius 1 is 0.385 bits per heavy atom. The second-order valence-corrected chi connectivity index (χ2v) is 45.2. The minimum absolute atomic E-state index is 0.212. The topological polar surface area (TPSA) is 413 Å². The zero-order chi connectivity index (χ0) is 101. The van der Waals surface area contributed by atoms with Gasteiger partial charge in [0, 0.05) is 158 Å². The van der Waals surface area contributed by atoms with E-state index in [0.29, 0.717) is 145 Å². The molecule has 8 fully saturated rings. The van der Waals surface area contributed by atoms with Crippen LogP contribution in [0.3, 0.4) is 0 Å². The number of primary amides is 1. The number of likely N-dealkylation sites (tertiary alicyclic amines) is 4. The van der Waals surface area contributed by atoms with Gasteiger partial charge in [-0.3, -0.25) is 4.79 Å². The van der Waals surface area contributed by atoms with Crippen LogP contribution in [-0.4, -0.2) is 278 Å². The van der Waals surface area contributed by atoms with Crippen molar-refractivity contribution < 1.29 is 23.4 Å². The fourth-order valence-corrected chi connectivity index (χ4v) is 24.3. The number of carbonyl (C=O) groups is 1. The van der Waals surface area contributed by atoms with Crippen LogP contribution in [0.4, 0.5) is 23.3 Å². The van der Waals surface area contributed by atoms with Crippen LogP contribution in [0.25, 0.3) is 44.7 Å². The van der Waals surface area contributed by atoms with E-state index in [9.17, 15) is 44.5 Å². The number of amides is 1. The summed E-state index contributed by atoms with van der Waals surface area (Å²) in [6, 6.07) is 28.9. The molecule has 143 heavy (non-hydrogen) atoms. The minimum atomic E-state index is -2.95. The lowest BCUT2D eigenvalue weighted by molar-refractivity contribution is -0.118. The molecule has 752 valence electrons. The Bertz CT molecular complexity index is 6760. The molecule has 0 radical (unpaired) electrons. The van der Waals surface area contributed by atoms with Crippen molar-refractivity contribution in [1.82, 2.24) is 98.6 Å². The van der Waals surface area contributed by atoms with E-state index in [1.54, 1.807) is 92.0 Å². The van der Waals surface area contributed by atoms with Gasteiger partial charge < -0.3 is 55.1 Å². The van der Waals surface area contributed by atoms with Crippen LogP contribution >= 0.6 is 92.8 Å². The molecule has 4 aromatic carbocycles. The van der Waals surface area contributed by atoms with Crippen LogP contribution in [0.15, 0.2) is 97.6 Å². The Morgan fingerprint density at radius 2 is 0.629 bits per heavy atom. The summed E-state index contributed by atoms with van der Waals surface area (Å²) in [6.07, 6.45) is 17.5. The number of hydrogen-bond acceptors (Lipinski definition) is 29. The van der Waals surface area contributed by atoms with Gasteiger partial charge in [-0.25, -0.2) is 67.0 Å². The van der Waals surface area contributed by atoms with Crippen molar-refractivity contribution in [2.45, 2.75) is 136 Å². The number of nitriles is 4. The van der Waals surface area contributed by atoms with Crippen LogP contribution in [0.5, 0.6) is 0 Å². The van der Waals surface area contributed by atoms with E-state index >= 15 is 0 Å². The summed E-state index contributed by atoms with van der Waals surface area (Å²) in [7, 11) is -2.95. The predicted molar refractivity (Wildman–Crippen MR) is 558 cm³/mol. The molecule has 10 atom stereocenters. The number of nitrogens with two attached hydrogens (primary N) is 1. The van der Waals surface area contributed by atoms with Crippen molar-refractivity contribution in [2.75, 3.05) is 163 Å². The summed E-state index contributed by atoms with van der Waals surface area (Å²) in [5.41, 5.74) is 13.8. The number of piperidine rings is 4. The summed E-state index contributed by atoms with van der Waals surface area (Å²) in [5.74, 6) is 7.84. The lowest BCUT2D eigenvalue weighted by Gasteiger charge is -2.47. The Balaban J connectivity index is 0.000000131. The van der Waals surface area contributed by atoms with Gasteiger partial charge in [-0.2, -0.15) is 41.4 Å². The van der Waals surface area contributed by atoms with Gasteiger partial charge in [0.25, 0.3) is 0 Å². The van der Waals surface area contributed by atoms with E-state index in [1.165, 1.54) is 38.4 Å². The van der Waals surface area contributed by atoms with Gasteiger partial charge >= 0.3 is 0 Å². The Hall–Kier alpha value is -10.3. The lowest BCUT2D eigenvalue weighted by Crippen LogP contribution is -2.54. The van der Waals surface area contributed by atoms with E-state index in [1.807, 2.05) is 65.8 Å². The van der Waals surface area contributed by atoms with E-state index in [-0.39, 0.29) is 70.8 Å². The maximum atomic E-state index is 11.6. The van der Waals surface area contributed by atoms with Gasteiger partial charge in [-0.1, -0.05) is 117 Å². The molecule has 0 aliphatic carbocycles. The van der Waals surface area contributed by atoms with Crippen LogP contribution in [0, 0.1) is 92.7 Å². The van der Waals surface area contributed by atoms with Gasteiger partial charge in [0.15, 0.2) is 45.4 Å². The monoisotopic (exact) mass is 2110 g/mol. The molecule has 0 bridgehead atoms. The number of sulfone groups is 1. The molecule has 20 rings (SSSR count). The third-order valence-electron chi connectivity index (χ3n) is 29.4. The van der Waals surface area contributed by atoms with E-state index in [4.69, 9.17) is 118 Å². The summed E-state index contributed by atoms with van der Waals surface area (Å²) in [4.78, 5) is 67.3. The standard InChI is InChI=1S/C25H28Cl2N8O.C25H29Cl2N7O2S.2C25H29Cl2N7O/c1-15(19-5-4-18(26)9-20(19)27)35-25-24(21(10-28)32-35)30-11-23(31-25)34-13-17(14-34)16-3-2-7-33(12-16)8-6-22(29)36;1-16(20-6-5-19(26)10-21(20)27)34-25-24(22(11-28)31-34)29-12-23(30-25)33-14-18(15-33)17-4-3-7-32(13-17)8-9-37(2,35)36;2*1-15(35)11-32-7-3-4-17(12-32)18-13-33(14-18)23-10-29-24-22(9-28)31-34(25(24)30-23)16(2)20-6-5-19(26)8-21(20)27/h4-5,9,11,15-17H,2-3,6-8,12-14H2,1H3,(H2,29,36);5-6,10,12,16-18H,3-4,7-9,13-15H2,1-2H3;2*5-6,8,10,15-18,35H,3-4,7,11-14H2,1-2H3. The smallest absolute Gasteiger partial charge is 0.218 e. The fraction of sp³-hybridized carbons (Fsp3) is 0.510. The third kappa shape index (κ3) is 23.9. The Labute approximate surface area is 871 Å². The normalized spacial score (nSPS) is 20.5. The molecule has 8 aromatic heterocycles. The molecular weight excluding hydrogens is 2000 g/mol. The highest BCUT2D eigenvalue weighted by Crippen LogP contribution is 2.43. The van der Waals surface area contributed by atoms with Crippen molar-refractivity contribution in [3.05, 3.63) is 183 Å². The quantitative estimate of drug-likeness (QED) is 0.0453. The van der Waals surface area contributed by atoms with E-state index in [0.717, 1.165) is 189 Å². The number of halogens is 8. The first-order valence-electron chi connectivity index (χ1n) is 48.8. The van der Waals surface area contributed by atoms with Crippen LogP contribution in [0.2, 0.25) is 40.2 Å². The first kappa shape index (κ1) is 104. The number of benzene rings is 4. The van der Waals surface area contributed by atoms with E-state index in [2.05, 4.69) is 104 Å². The molecule has 8 aliphatic heterocycles. The highest BCUT2D eigenvalue weighted by atomic mass is 35.5. The molecular formula is C100H115Cl8N29O5S. The predicted octanol–water partition coefficient (Wildman–Crippen LogP) is 15.7. The molecule has 8 aliphatic rings. The lowest BCUT2D eigenvalue weighted by atomic mass is 9.80. The summed E-state index contributed by atoms with van der Waals surface area (Å²) >= 11 is 50.1. The number of nitrogens with zero attached hydrogens (tertiary/aromatic N) is 28. The highest BCUT2D eigenvalue weighted by molar-refractivity contribution is 7.90. The average molecular weight is 2120 g/mol. The van der Waals surface area contributed by atoms with Gasteiger partial charge in [-0.05, 0) is 237 Å². The van der Waals surface area contributed by atoms with Crippen LogP contribution < -0.4 is 25.3 Å². The van der Waals surface area contributed by atoms with Gasteiger partial charge in [0.05, 0.1) is 66.9 Å². The molecule has 43 heteroatoms. The van der Waals surface area contributed by atoms with Gasteiger partial charge in [0.1, 0.15) is 79.5 Å². The Morgan fingerprint density at radius 3 is 0.860 bits per heavy atom. The summed E-state index contributed by atoms with van der Waals surface area (Å²) in [6.45, 7) is 29.9. The van der Waals surface area contributed by atoms with Gasteiger partial charge in [0.2, 0.25) is 5.91 Å². The van der Waals surface area contributed by atoms with Crippen molar-refractivity contribution in [3.8, 4) is 24.3 Å².